The van der Waals surface area contributed by atoms with Crippen molar-refractivity contribution in [2.75, 3.05) is 6.54 Å². The lowest BCUT2D eigenvalue weighted by atomic mass is 10.3. The summed E-state index contributed by atoms with van der Waals surface area (Å²) in [5, 5.41) is 7.77. The summed E-state index contributed by atoms with van der Waals surface area (Å²) in [6, 6.07) is 1.74. The molecule has 1 aromatic rings. The van der Waals surface area contributed by atoms with Crippen LogP contribution in [-0.2, 0) is 11.3 Å². The minimum atomic E-state index is -0.248. The van der Waals surface area contributed by atoms with E-state index >= 15 is 0 Å². The summed E-state index contributed by atoms with van der Waals surface area (Å²) >= 11 is 5.09. The van der Waals surface area contributed by atoms with Gasteiger partial charge in [-0.3, -0.25) is 4.79 Å². The summed E-state index contributed by atoms with van der Waals surface area (Å²) in [7, 11) is 0. The molecule has 3 nitrogen and oxygen atoms in total. The molecule has 0 aliphatic heterocycles. The van der Waals surface area contributed by atoms with Crippen molar-refractivity contribution in [3.05, 3.63) is 20.8 Å². The van der Waals surface area contributed by atoms with Gasteiger partial charge in [-0.1, -0.05) is 5.92 Å². The summed E-state index contributed by atoms with van der Waals surface area (Å²) < 4.78 is 1.07. The highest BCUT2D eigenvalue weighted by Gasteiger charge is 2.11. The van der Waals surface area contributed by atoms with Crippen molar-refractivity contribution >= 4 is 33.2 Å². The first kappa shape index (κ1) is 13.2. The molecule has 0 bridgehead atoms. The Labute approximate surface area is 108 Å². The van der Waals surface area contributed by atoms with Crippen molar-refractivity contribution < 1.29 is 4.79 Å². The van der Waals surface area contributed by atoms with Gasteiger partial charge in [0.1, 0.15) is 0 Å². The highest BCUT2D eigenvalue weighted by Crippen LogP contribution is 2.22. The van der Waals surface area contributed by atoms with Crippen molar-refractivity contribution in [3.63, 3.8) is 0 Å². The van der Waals surface area contributed by atoms with E-state index in [0.717, 1.165) is 4.47 Å². The topological polar surface area (TPSA) is 41.1 Å². The van der Waals surface area contributed by atoms with Gasteiger partial charge in [0.05, 0.1) is 12.6 Å². The minimum Gasteiger partial charge on any atom is -0.344 e. The maximum absolute atomic E-state index is 11.5. The van der Waals surface area contributed by atoms with Gasteiger partial charge in [-0.05, 0) is 34.3 Å². The van der Waals surface area contributed by atoms with Gasteiger partial charge in [-0.25, -0.2) is 0 Å². The molecule has 1 heterocycles. The maximum atomic E-state index is 11.5. The zero-order valence-electron chi connectivity index (χ0n) is 8.92. The Bertz CT molecular complexity index is 397. The van der Waals surface area contributed by atoms with Crippen molar-refractivity contribution in [2.24, 2.45) is 0 Å². The number of hydrogen-bond donors (Lipinski definition) is 2. The van der Waals surface area contributed by atoms with Crippen LogP contribution in [0.3, 0.4) is 0 Å². The molecular weight excluding hydrogens is 288 g/mol. The van der Waals surface area contributed by atoms with Gasteiger partial charge in [0.2, 0.25) is 5.91 Å². The normalized spacial score (nSPS) is 11.8. The molecule has 5 heteroatoms. The summed E-state index contributed by atoms with van der Waals surface area (Å²) in [6.45, 7) is 2.75. The van der Waals surface area contributed by atoms with Gasteiger partial charge in [-0.15, -0.1) is 17.8 Å². The van der Waals surface area contributed by atoms with E-state index in [-0.39, 0.29) is 18.5 Å². The number of carbonyl (C=O) groups is 1. The van der Waals surface area contributed by atoms with Crippen LogP contribution >= 0.6 is 27.3 Å². The van der Waals surface area contributed by atoms with Crippen LogP contribution in [0, 0.1) is 12.3 Å². The molecule has 1 atom stereocenters. The maximum Gasteiger partial charge on any atom is 0.237 e. The van der Waals surface area contributed by atoms with Gasteiger partial charge in [0.15, 0.2) is 0 Å². The molecule has 1 rings (SSSR count). The molecule has 1 aromatic heterocycles. The molecule has 0 saturated heterocycles. The van der Waals surface area contributed by atoms with Crippen molar-refractivity contribution in [1.29, 1.82) is 0 Å². The number of nitrogens with one attached hydrogen (secondary N) is 2. The number of rotatable bonds is 5. The van der Waals surface area contributed by atoms with E-state index in [1.165, 1.54) is 4.88 Å². The molecule has 16 heavy (non-hydrogen) atoms. The molecule has 0 fully saturated rings. The lowest BCUT2D eigenvalue weighted by molar-refractivity contribution is -0.122. The molecule has 0 spiro atoms. The average Bonchev–Trinajstić information content (AvgIpc) is 2.68. The Hall–Kier alpha value is -0.830. The molecule has 1 unspecified atom stereocenters. The molecule has 0 aromatic carbocycles. The van der Waals surface area contributed by atoms with Crippen LogP contribution in [0.25, 0.3) is 0 Å². The van der Waals surface area contributed by atoms with Crippen LogP contribution in [0.4, 0.5) is 0 Å². The molecule has 1 amide bonds. The first-order valence-electron chi connectivity index (χ1n) is 4.81. The fourth-order valence-electron chi connectivity index (χ4n) is 1.08. The lowest BCUT2D eigenvalue weighted by Gasteiger charge is -2.12. The average molecular weight is 301 g/mol. The number of thiophene rings is 1. The molecule has 0 saturated carbocycles. The lowest BCUT2D eigenvalue weighted by Crippen LogP contribution is -2.41. The van der Waals surface area contributed by atoms with E-state index in [4.69, 9.17) is 6.42 Å². The zero-order valence-corrected chi connectivity index (χ0v) is 11.3. The zero-order chi connectivity index (χ0) is 12.0. The van der Waals surface area contributed by atoms with Gasteiger partial charge in [-0.2, -0.15) is 0 Å². The molecule has 2 N–H and O–H groups in total. The van der Waals surface area contributed by atoms with E-state index in [1.807, 2.05) is 18.4 Å². The Balaban J connectivity index is 2.35. The van der Waals surface area contributed by atoms with Crippen LogP contribution in [0.1, 0.15) is 11.8 Å². The number of hydrogen-bond acceptors (Lipinski definition) is 3. The number of carbonyl (C=O) groups excluding carboxylic acids is 1. The monoisotopic (exact) mass is 300 g/mol. The second-order valence-corrected chi connectivity index (χ2v) is 5.07. The van der Waals surface area contributed by atoms with Crippen LogP contribution in [0.5, 0.6) is 0 Å². The number of halogens is 1. The molecule has 86 valence electrons. The minimum absolute atomic E-state index is 0.0781. The molecule has 0 radical (unpaired) electrons. The predicted octanol–water partition coefficient (Wildman–Crippen LogP) is 1.74. The first-order valence-corrected chi connectivity index (χ1v) is 6.49. The fourth-order valence-corrected chi connectivity index (χ4v) is 2.52. The van der Waals surface area contributed by atoms with Crippen LogP contribution in [0.15, 0.2) is 15.9 Å². The van der Waals surface area contributed by atoms with Crippen molar-refractivity contribution in [2.45, 2.75) is 19.5 Å². The third kappa shape index (κ3) is 3.97. The standard InChI is InChI=1S/C11H13BrN2OS/c1-3-5-13-11(15)8(2)14-7-10-9(12)4-6-16-10/h1,4,6,8,14H,5,7H2,2H3,(H,13,15). The van der Waals surface area contributed by atoms with Gasteiger partial charge in [0.25, 0.3) is 0 Å². The largest absolute Gasteiger partial charge is 0.344 e. The van der Waals surface area contributed by atoms with Crippen molar-refractivity contribution in [3.8, 4) is 12.3 Å². The Morgan fingerprint density at radius 1 is 1.75 bits per heavy atom. The van der Waals surface area contributed by atoms with E-state index in [0.29, 0.717) is 6.54 Å². The van der Waals surface area contributed by atoms with Crippen molar-refractivity contribution in [1.82, 2.24) is 10.6 Å². The summed E-state index contributed by atoms with van der Waals surface area (Å²) in [5.74, 6) is 2.29. The SMILES string of the molecule is C#CCNC(=O)C(C)NCc1sccc1Br. The quantitative estimate of drug-likeness (QED) is 0.813. The van der Waals surface area contributed by atoms with Gasteiger partial charge < -0.3 is 10.6 Å². The fraction of sp³-hybridized carbons (Fsp3) is 0.364. The van der Waals surface area contributed by atoms with Crippen LogP contribution in [-0.4, -0.2) is 18.5 Å². The number of amides is 1. The van der Waals surface area contributed by atoms with Gasteiger partial charge in [0, 0.05) is 15.9 Å². The molecule has 0 aliphatic carbocycles. The predicted molar refractivity (Wildman–Crippen MR) is 70.2 cm³/mol. The van der Waals surface area contributed by atoms with E-state index in [1.54, 1.807) is 11.3 Å². The van der Waals surface area contributed by atoms with Crippen LogP contribution < -0.4 is 10.6 Å². The van der Waals surface area contributed by atoms with Crippen LogP contribution in [0.2, 0.25) is 0 Å². The first-order chi connectivity index (χ1) is 7.65. The Kier molecular flexibility index (Phi) is 5.53. The summed E-state index contributed by atoms with van der Waals surface area (Å²) in [4.78, 5) is 12.6. The van der Waals surface area contributed by atoms with E-state index < -0.39 is 0 Å². The molecular formula is C11H13BrN2OS. The molecule has 0 aliphatic rings. The van der Waals surface area contributed by atoms with Gasteiger partial charge >= 0.3 is 0 Å². The Morgan fingerprint density at radius 3 is 3.06 bits per heavy atom. The highest BCUT2D eigenvalue weighted by molar-refractivity contribution is 9.10. The second kappa shape index (κ2) is 6.69. The third-order valence-corrected chi connectivity index (χ3v) is 3.94. The summed E-state index contributed by atoms with van der Waals surface area (Å²) in [5.41, 5.74) is 0. The highest BCUT2D eigenvalue weighted by atomic mass is 79.9. The second-order valence-electron chi connectivity index (χ2n) is 3.22. The Morgan fingerprint density at radius 2 is 2.50 bits per heavy atom. The van der Waals surface area contributed by atoms with E-state index in [9.17, 15) is 4.79 Å². The number of terminal acetylenes is 1. The van der Waals surface area contributed by atoms with E-state index in [2.05, 4.69) is 32.5 Å². The summed E-state index contributed by atoms with van der Waals surface area (Å²) in [6.07, 6.45) is 5.06. The third-order valence-electron chi connectivity index (χ3n) is 2.02. The smallest absolute Gasteiger partial charge is 0.237 e.